The Kier molecular flexibility index (Phi) is 4.55. The smallest absolute Gasteiger partial charge is 0.311 e. The molecule has 2 aromatic carbocycles. The van der Waals surface area contributed by atoms with Gasteiger partial charge >= 0.3 is 5.97 Å². The van der Waals surface area contributed by atoms with E-state index in [9.17, 15) is 14.3 Å². The maximum Gasteiger partial charge on any atom is 0.311 e. The lowest BCUT2D eigenvalue weighted by atomic mass is 9.91. The normalized spacial score (nSPS) is 12.2. The standard InChI is InChI=1S/C16H14BrFO2/c1-10-5-6-12(9-15(10)18)14(16(19)20)8-11-3-2-4-13(17)7-11/h2-7,9,14H,8H2,1H3,(H,19,20). The van der Waals surface area contributed by atoms with Crippen molar-refractivity contribution in [2.45, 2.75) is 19.3 Å². The number of aliphatic carboxylic acids is 1. The summed E-state index contributed by atoms with van der Waals surface area (Å²) in [6.07, 6.45) is 0.331. The Labute approximate surface area is 125 Å². The molecule has 20 heavy (non-hydrogen) atoms. The van der Waals surface area contributed by atoms with Gasteiger partial charge in [0.2, 0.25) is 0 Å². The Hall–Kier alpha value is -1.68. The molecule has 0 fully saturated rings. The first kappa shape index (κ1) is 14.7. The first-order valence-corrected chi connectivity index (χ1v) is 7.00. The van der Waals surface area contributed by atoms with E-state index in [1.807, 2.05) is 24.3 Å². The topological polar surface area (TPSA) is 37.3 Å². The van der Waals surface area contributed by atoms with Crippen LogP contribution in [0.25, 0.3) is 0 Å². The fourth-order valence-electron chi connectivity index (χ4n) is 2.07. The molecule has 0 aliphatic heterocycles. The summed E-state index contributed by atoms with van der Waals surface area (Å²) in [5.41, 5.74) is 1.90. The summed E-state index contributed by atoms with van der Waals surface area (Å²) in [4.78, 5) is 11.5. The van der Waals surface area contributed by atoms with Crippen molar-refractivity contribution in [3.8, 4) is 0 Å². The molecule has 2 nitrogen and oxygen atoms in total. The van der Waals surface area contributed by atoms with E-state index in [1.165, 1.54) is 6.07 Å². The second kappa shape index (κ2) is 6.18. The number of halogens is 2. The maximum absolute atomic E-state index is 13.6. The van der Waals surface area contributed by atoms with Crippen LogP contribution in [0.15, 0.2) is 46.9 Å². The third kappa shape index (κ3) is 3.45. The van der Waals surface area contributed by atoms with Crippen LogP contribution in [0.1, 0.15) is 22.6 Å². The fourth-order valence-corrected chi connectivity index (χ4v) is 2.52. The van der Waals surface area contributed by atoms with Crippen molar-refractivity contribution < 1.29 is 14.3 Å². The van der Waals surface area contributed by atoms with Crippen LogP contribution < -0.4 is 0 Å². The molecule has 1 atom stereocenters. The lowest BCUT2D eigenvalue weighted by Crippen LogP contribution is -2.15. The van der Waals surface area contributed by atoms with E-state index < -0.39 is 11.9 Å². The van der Waals surface area contributed by atoms with E-state index >= 15 is 0 Å². The van der Waals surface area contributed by atoms with Gasteiger partial charge < -0.3 is 5.11 Å². The second-order valence-electron chi connectivity index (χ2n) is 4.73. The van der Waals surface area contributed by atoms with E-state index in [4.69, 9.17) is 0 Å². The molecule has 104 valence electrons. The molecule has 2 rings (SSSR count). The van der Waals surface area contributed by atoms with E-state index in [0.29, 0.717) is 17.5 Å². The van der Waals surface area contributed by atoms with Gasteiger partial charge in [0.15, 0.2) is 0 Å². The largest absolute Gasteiger partial charge is 0.481 e. The number of carboxylic acids is 1. The fraction of sp³-hybridized carbons (Fsp3) is 0.188. The van der Waals surface area contributed by atoms with Gasteiger partial charge in [0.1, 0.15) is 5.82 Å². The molecule has 0 aliphatic carbocycles. The summed E-state index contributed by atoms with van der Waals surface area (Å²) >= 11 is 3.36. The predicted octanol–water partition coefficient (Wildman–Crippen LogP) is 4.31. The summed E-state index contributed by atoms with van der Waals surface area (Å²) in [5.74, 6) is -2.07. The Bertz CT molecular complexity index is 640. The van der Waals surface area contributed by atoms with Crippen LogP contribution in [-0.2, 0) is 11.2 Å². The average Bonchev–Trinajstić information content (AvgIpc) is 2.39. The highest BCUT2D eigenvalue weighted by Crippen LogP contribution is 2.24. The number of hydrogen-bond donors (Lipinski definition) is 1. The molecule has 1 unspecified atom stereocenters. The summed E-state index contributed by atoms with van der Waals surface area (Å²) in [7, 11) is 0. The molecule has 0 radical (unpaired) electrons. The number of carbonyl (C=O) groups is 1. The summed E-state index contributed by atoms with van der Waals surface area (Å²) in [6.45, 7) is 1.66. The average molecular weight is 337 g/mol. The number of benzene rings is 2. The molecule has 0 saturated carbocycles. The second-order valence-corrected chi connectivity index (χ2v) is 5.65. The maximum atomic E-state index is 13.6. The quantitative estimate of drug-likeness (QED) is 0.903. The lowest BCUT2D eigenvalue weighted by molar-refractivity contribution is -0.138. The van der Waals surface area contributed by atoms with Crippen LogP contribution in [-0.4, -0.2) is 11.1 Å². The highest BCUT2D eigenvalue weighted by molar-refractivity contribution is 9.10. The van der Waals surface area contributed by atoms with Crippen molar-refractivity contribution in [2.75, 3.05) is 0 Å². The highest BCUT2D eigenvalue weighted by atomic mass is 79.9. The number of carboxylic acid groups (broad SMARTS) is 1. The van der Waals surface area contributed by atoms with Crippen molar-refractivity contribution in [2.24, 2.45) is 0 Å². The van der Waals surface area contributed by atoms with Crippen LogP contribution in [0.5, 0.6) is 0 Å². The van der Waals surface area contributed by atoms with Crippen LogP contribution in [0, 0.1) is 12.7 Å². The van der Waals surface area contributed by atoms with Gasteiger partial charge in [-0.05, 0) is 48.2 Å². The molecule has 0 saturated heterocycles. The molecular formula is C16H14BrFO2. The monoisotopic (exact) mass is 336 g/mol. The van der Waals surface area contributed by atoms with E-state index in [2.05, 4.69) is 15.9 Å². The third-order valence-electron chi connectivity index (χ3n) is 3.23. The molecule has 0 heterocycles. The van der Waals surface area contributed by atoms with E-state index in [1.54, 1.807) is 19.1 Å². The van der Waals surface area contributed by atoms with Gasteiger partial charge in [0.05, 0.1) is 5.92 Å². The van der Waals surface area contributed by atoms with E-state index in [0.717, 1.165) is 10.0 Å². The molecule has 0 amide bonds. The van der Waals surface area contributed by atoms with Gasteiger partial charge in [-0.15, -0.1) is 0 Å². The minimum absolute atomic E-state index is 0.331. The minimum Gasteiger partial charge on any atom is -0.481 e. The Morgan fingerprint density at radius 2 is 2.05 bits per heavy atom. The Morgan fingerprint density at radius 1 is 1.30 bits per heavy atom. The summed E-state index contributed by atoms with van der Waals surface area (Å²) < 4.78 is 14.5. The third-order valence-corrected chi connectivity index (χ3v) is 3.72. The summed E-state index contributed by atoms with van der Waals surface area (Å²) in [5, 5.41) is 9.38. The van der Waals surface area contributed by atoms with Gasteiger partial charge in [0, 0.05) is 4.47 Å². The SMILES string of the molecule is Cc1ccc(C(Cc2cccc(Br)c2)C(=O)O)cc1F. The zero-order valence-corrected chi connectivity index (χ0v) is 12.5. The first-order chi connectivity index (χ1) is 9.47. The molecule has 0 bridgehead atoms. The zero-order valence-electron chi connectivity index (χ0n) is 10.9. The van der Waals surface area contributed by atoms with Gasteiger partial charge in [-0.2, -0.15) is 0 Å². The Morgan fingerprint density at radius 3 is 2.65 bits per heavy atom. The number of rotatable bonds is 4. The van der Waals surface area contributed by atoms with E-state index in [-0.39, 0.29) is 5.82 Å². The van der Waals surface area contributed by atoms with Crippen LogP contribution in [0.3, 0.4) is 0 Å². The minimum atomic E-state index is -0.951. The molecule has 0 aliphatic rings. The molecule has 4 heteroatoms. The first-order valence-electron chi connectivity index (χ1n) is 6.20. The number of hydrogen-bond acceptors (Lipinski definition) is 1. The lowest BCUT2D eigenvalue weighted by Gasteiger charge is -2.14. The molecule has 1 N–H and O–H groups in total. The van der Waals surface area contributed by atoms with Gasteiger partial charge in [-0.3, -0.25) is 4.79 Å². The summed E-state index contributed by atoms with van der Waals surface area (Å²) in [6, 6.07) is 12.1. The zero-order chi connectivity index (χ0) is 14.7. The molecular weight excluding hydrogens is 323 g/mol. The van der Waals surface area contributed by atoms with Gasteiger partial charge in [0.25, 0.3) is 0 Å². The van der Waals surface area contributed by atoms with Crippen LogP contribution in [0.2, 0.25) is 0 Å². The van der Waals surface area contributed by atoms with Gasteiger partial charge in [-0.25, -0.2) is 4.39 Å². The van der Waals surface area contributed by atoms with Crippen molar-refractivity contribution in [3.05, 3.63) is 69.4 Å². The van der Waals surface area contributed by atoms with Crippen molar-refractivity contribution in [1.29, 1.82) is 0 Å². The van der Waals surface area contributed by atoms with Gasteiger partial charge in [-0.1, -0.05) is 40.2 Å². The van der Waals surface area contributed by atoms with Crippen molar-refractivity contribution in [3.63, 3.8) is 0 Å². The molecule has 0 spiro atoms. The van der Waals surface area contributed by atoms with Crippen LogP contribution in [0.4, 0.5) is 4.39 Å². The number of aryl methyl sites for hydroxylation is 1. The highest BCUT2D eigenvalue weighted by Gasteiger charge is 2.21. The van der Waals surface area contributed by atoms with Crippen LogP contribution >= 0.6 is 15.9 Å². The van der Waals surface area contributed by atoms with Crippen molar-refractivity contribution >= 4 is 21.9 Å². The van der Waals surface area contributed by atoms with Crippen molar-refractivity contribution in [1.82, 2.24) is 0 Å². The molecule has 0 aromatic heterocycles. The molecule has 2 aromatic rings. The Balaban J connectivity index is 2.32. The predicted molar refractivity (Wildman–Crippen MR) is 79.4 cm³/mol.